The smallest absolute Gasteiger partial charge is 0.255 e. The van der Waals surface area contributed by atoms with Crippen molar-refractivity contribution in [2.24, 2.45) is 16.2 Å². The number of aliphatic hydroxyl groups excluding tert-OH is 1. The Morgan fingerprint density at radius 3 is 1.24 bits per heavy atom. The highest BCUT2D eigenvalue weighted by molar-refractivity contribution is 6.06. The maximum absolute atomic E-state index is 12.6. The molecule has 0 bridgehead atoms. The molecule has 11 aromatic rings. The summed E-state index contributed by atoms with van der Waals surface area (Å²) in [6.07, 6.45) is 0. The van der Waals surface area contributed by atoms with Gasteiger partial charge in [0.05, 0.1) is 39.7 Å². The zero-order chi connectivity index (χ0) is 62.4. The topological polar surface area (TPSA) is 271 Å². The number of phenols is 1. The number of aromatic hydroxyl groups is 1. The summed E-state index contributed by atoms with van der Waals surface area (Å²) in [5.74, 6) is 2.70. The van der Waals surface area contributed by atoms with Crippen molar-refractivity contribution in [1.82, 2.24) is 29.9 Å². The molecule has 450 valence electrons. The van der Waals surface area contributed by atoms with Crippen LogP contribution in [-0.4, -0.2) is 82.5 Å². The molecule has 0 atom stereocenters. The fourth-order valence-electron chi connectivity index (χ4n) is 9.14. The highest BCUT2D eigenvalue weighted by Crippen LogP contribution is 2.31. The number of hydrogen-bond donors (Lipinski definition) is 8. The molecule has 11 rings (SSSR count). The number of fused-ring (bicyclic) bond motifs is 3. The number of ether oxygens (including phenoxy) is 1. The SMILES string of the molecule is C.CC(C)(C)C(=O)c1ccc2nc(-c3ccc(NC(=O)c4ccc(O)cc4)cc3)[nH]c2c1.CC(C)(C)C(=O)c1ccc2nc(-c3ccc(OCCO)cc3)[nH]c2c1.CC(C)(C)C(=O)c1ccc2nc(-c3cccc(NC(=O)c4ccc(N)cc4)c3)[nH]c2c1. The van der Waals surface area contributed by atoms with Crippen LogP contribution in [-0.2, 0) is 0 Å². The monoisotopic (exact) mass is 1180 g/mol. The van der Waals surface area contributed by atoms with Gasteiger partial charge < -0.3 is 46.3 Å². The minimum absolute atomic E-state index is 0. The maximum Gasteiger partial charge on any atom is 0.255 e. The van der Waals surface area contributed by atoms with Gasteiger partial charge in [0.25, 0.3) is 11.8 Å². The van der Waals surface area contributed by atoms with Gasteiger partial charge in [0, 0.05) is 77.8 Å². The molecule has 8 aromatic carbocycles. The summed E-state index contributed by atoms with van der Waals surface area (Å²) in [6, 6.07) is 51.6. The number of Topliss-reactive ketones (excluding diaryl/α,β-unsaturated/α-hetero) is 3. The van der Waals surface area contributed by atoms with Gasteiger partial charge in [0.15, 0.2) is 17.3 Å². The molecule has 3 heterocycles. The molecule has 0 fully saturated rings. The van der Waals surface area contributed by atoms with Crippen molar-refractivity contribution in [3.05, 3.63) is 204 Å². The van der Waals surface area contributed by atoms with E-state index in [4.69, 9.17) is 15.6 Å². The van der Waals surface area contributed by atoms with E-state index in [1.165, 1.54) is 12.1 Å². The van der Waals surface area contributed by atoms with E-state index in [2.05, 4.69) is 40.5 Å². The zero-order valence-electron chi connectivity index (χ0n) is 49.9. The Balaban J connectivity index is 0.000000171. The summed E-state index contributed by atoms with van der Waals surface area (Å²) in [4.78, 5) is 86.1. The van der Waals surface area contributed by atoms with E-state index in [0.717, 1.165) is 55.6 Å². The van der Waals surface area contributed by atoms with Crippen LogP contribution in [0.4, 0.5) is 17.1 Å². The lowest BCUT2D eigenvalue weighted by Crippen LogP contribution is -2.20. The quantitative estimate of drug-likeness (QED) is 0.0396. The molecule has 9 N–H and O–H groups in total. The number of carbonyl (C=O) groups is 5. The fourth-order valence-corrected chi connectivity index (χ4v) is 9.14. The maximum atomic E-state index is 12.6. The molecule has 0 aliphatic carbocycles. The molecule has 0 saturated carbocycles. The Morgan fingerprint density at radius 1 is 0.455 bits per heavy atom. The van der Waals surface area contributed by atoms with Gasteiger partial charge in [-0.2, -0.15) is 0 Å². The van der Waals surface area contributed by atoms with Crippen LogP contribution in [0.15, 0.2) is 176 Å². The van der Waals surface area contributed by atoms with Crippen molar-refractivity contribution in [1.29, 1.82) is 0 Å². The van der Waals surface area contributed by atoms with Crippen molar-refractivity contribution in [3.8, 4) is 45.7 Å². The zero-order valence-corrected chi connectivity index (χ0v) is 49.9. The van der Waals surface area contributed by atoms with Crippen LogP contribution in [0.5, 0.6) is 11.5 Å². The van der Waals surface area contributed by atoms with Gasteiger partial charge in [-0.15, -0.1) is 0 Å². The van der Waals surface area contributed by atoms with Gasteiger partial charge in [0.2, 0.25) is 0 Å². The molecule has 0 aliphatic heterocycles. The molecule has 0 spiro atoms. The number of amides is 2. The highest BCUT2D eigenvalue weighted by Gasteiger charge is 2.26. The van der Waals surface area contributed by atoms with Crippen LogP contribution in [0.25, 0.3) is 67.3 Å². The predicted molar refractivity (Wildman–Crippen MR) is 350 cm³/mol. The van der Waals surface area contributed by atoms with E-state index < -0.39 is 16.2 Å². The number of ketones is 3. The minimum Gasteiger partial charge on any atom is -0.508 e. The second kappa shape index (κ2) is 26.4. The Labute approximate surface area is 510 Å². The summed E-state index contributed by atoms with van der Waals surface area (Å²) in [5.41, 5.74) is 16.7. The second-order valence-corrected chi connectivity index (χ2v) is 24.0. The number of imidazole rings is 3. The van der Waals surface area contributed by atoms with E-state index in [0.29, 0.717) is 62.3 Å². The standard InChI is InChI=1S/C25H24N4O2.C25H23N3O3.C20H22N2O3.CH4/c1-25(2,3)22(30)16-9-12-20-21(14-16)29-23(28-20)17-5-4-6-19(13-17)27-24(31)15-7-10-18(26)11-8-15;1-25(2,3)22(30)17-8-13-20-21(14-17)28-23(27-20)15-4-9-18(10-5-15)26-24(31)16-6-11-19(29)12-7-16;1-20(2,3)18(24)14-6-9-16-17(12-14)22-19(21-16)13-4-7-15(8-5-13)25-11-10-23;/h4-14H,26H2,1-3H3,(H,27,31)(H,28,29);4-14,29H,1-3H3,(H,26,31)(H,27,28);4-9,12,23H,10-11H2,1-3H3,(H,21,22);1H4. The van der Waals surface area contributed by atoms with Gasteiger partial charge in [-0.25, -0.2) is 15.0 Å². The van der Waals surface area contributed by atoms with Crippen LogP contribution in [0.1, 0.15) is 122 Å². The van der Waals surface area contributed by atoms with Crippen molar-refractivity contribution >= 4 is 79.3 Å². The van der Waals surface area contributed by atoms with E-state index >= 15 is 0 Å². The van der Waals surface area contributed by atoms with E-state index in [-0.39, 0.29) is 55.6 Å². The van der Waals surface area contributed by atoms with Gasteiger partial charge >= 0.3 is 0 Å². The Hall–Kier alpha value is -10.5. The van der Waals surface area contributed by atoms with Crippen LogP contribution < -0.4 is 21.1 Å². The molecule has 3 aromatic heterocycles. The van der Waals surface area contributed by atoms with E-state index in [1.54, 1.807) is 48.5 Å². The number of carbonyl (C=O) groups excluding carboxylic acids is 5. The number of nitrogen functional groups attached to an aromatic ring is 1. The minimum atomic E-state index is -0.451. The van der Waals surface area contributed by atoms with Crippen molar-refractivity contribution < 1.29 is 38.9 Å². The van der Waals surface area contributed by atoms with Crippen LogP contribution >= 0.6 is 0 Å². The van der Waals surface area contributed by atoms with Gasteiger partial charge in [-0.3, -0.25) is 24.0 Å². The number of aliphatic hydroxyl groups is 1. The van der Waals surface area contributed by atoms with Crippen molar-refractivity contribution in [3.63, 3.8) is 0 Å². The third-order valence-corrected chi connectivity index (χ3v) is 13.9. The number of aromatic amines is 3. The molecule has 0 radical (unpaired) electrons. The van der Waals surface area contributed by atoms with E-state index in [1.807, 2.05) is 178 Å². The molecule has 0 aliphatic rings. The van der Waals surface area contributed by atoms with Gasteiger partial charge in [-0.05, 0) is 164 Å². The number of hydrogen-bond acceptors (Lipinski definition) is 12. The molecular formula is C71H73N9O8. The third-order valence-electron chi connectivity index (χ3n) is 13.9. The average molecular weight is 1180 g/mol. The number of benzene rings is 8. The highest BCUT2D eigenvalue weighted by atomic mass is 16.5. The number of anilines is 3. The van der Waals surface area contributed by atoms with Crippen LogP contribution in [0.2, 0.25) is 0 Å². The summed E-state index contributed by atoms with van der Waals surface area (Å²) < 4.78 is 5.36. The number of rotatable bonds is 13. The van der Waals surface area contributed by atoms with E-state index in [9.17, 15) is 29.1 Å². The number of nitrogens with zero attached hydrogens (tertiary/aromatic N) is 3. The average Bonchev–Trinajstić information content (AvgIpc) is 4.03. The summed E-state index contributed by atoms with van der Waals surface area (Å²) >= 11 is 0. The fraction of sp³-hybridized carbons (Fsp3) is 0.211. The summed E-state index contributed by atoms with van der Waals surface area (Å²) in [5, 5.41) is 23.9. The molecule has 2 amide bonds. The van der Waals surface area contributed by atoms with Gasteiger partial charge in [-0.1, -0.05) is 81.9 Å². The molecule has 88 heavy (non-hydrogen) atoms. The molecule has 17 heteroatoms. The second-order valence-electron chi connectivity index (χ2n) is 24.0. The Kier molecular flexibility index (Phi) is 19.0. The lowest BCUT2D eigenvalue weighted by Gasteiger charge is -2.16. The molecule has 17 nitrogen and oxygen atoms in total. The lowest BCUT2D eigenvalue weighted by atomic mass is 9.86. The molecule has 0 unspecified atom stereocenters. The lowest BCUT2D eigenvalue weighted by molar-refractivity contribution is 0.0852. The number of nitrogens with two attached hydrogens (primary N) is 1. The Bertz CT molecular complexity index is 4310. The third kappa shape index (κ3) is 15.5. The normalized spacial score (nSPS) is 11.4. The summed E-state index contributed by atoms with van der Waals surface area (Å²) in [6.45, 7) is 17.4. The molecule has 0 saturated heterocycles. The number of nitrogens with one attached hydrogen (secondary N) is 5. The van der Waals surface area contributed by atoms with Crippen molar-refractivity contribution in [2.45, 2.75) is 69.7 Å². The van der Waals surface area contributed by atoms with Gasteiger partial charge in [0.1, 0.15) is 35.6 Å². The largest absolute Gasteiger partial charge is 0.508 e. The molecular weight excluding hydrogens is 1110 g/mol. The first-order valence-electron chi connectivity index (χ1n) is 28.3. The predicted octanol–water partition coefficient (Wildman–Crippen LogP) is 15.2. The number of H-pyrrole nitrogens is 3. The first-order valence-corrected chi connectivity index (χ1v) is 28.3. The first kappa shape index (κ1) is 63.5. The van der Waals surface area contributed by atoms with Crippen LogP contribution in [0.3, 0.4) is 0 Å². The first-order chi connectivity index (χ1) is 41.3. The number of aromatic nitrogens is 6. The van der Waals surface area contributed by atoms with Crippen LogP contribution in [0, 0.1) is 16.2 Å². The Morgan fingerprint density at radius 2 is 0.830 bits per heavy atom. The number of phenolic OH excluding ortho intramolecular Hbond substituents is 1. The summed E-state index contributed by atoms with van der Waals surface area (Å²) in [7, 11) is 0. The van der Waals surface area contributed by atoms with Crippen molar-refractivity contribution in [2.75, 3.05) is 29.6 Å².